The Labute approximate surface area is 123 Å². The van der Waals surface area contributed by atoms with Gasteiger partial charge in [0, 0.05) is 13.6 Å². The monoisotopic (exact) mass is 289 g/mol. The number of nitrogens with one attached hydrogen (secondary N) is 1. The lowest BCUT2D eigenvalue weighted by molar-refractivity contribution is 0.220. The first-order valence-corrected chi connectivity index (χ1v) is 6.59. The standard InChI is InChI=1S/C15H19N3O3/c1-10-14(11(2)21-17-10)16-15(19)18(3)9-12-5-7-13(20-4)8-6-12/h5-8H,9H2,1-4H3,(H,16,19). The largest absolute Gasteiger partial charge is 0.497 e. The lowest BCUT2D eigenvalue weighted by Crippen LogP contribution is -2.31. The molecule has 0 atom stereocenters. The number of benzene rings is 1. The molecule has 6 nitrogen and oxygen atoms in total. The molecule has 1 heterocycles. The van der Waals surface area contributed by atoms with E-state index in [9.17, 15) is 4.79 Å². The molecule has 0 unspecified atom stereocenters. The van der Waals surface area contributed by atoms with Crippen LogP contribution in [0.2, 0.25) is 0 Å². The minimum Gasteiger partial charge on any atom is -0.497 e. The SMILES string of the molecule is COc1ccc(CN(C)C(=O)Nc2c(C)noc2C)cc1. The molecule has 1 aromatic carbocycles. The van der Waals surface area contributed by atoms with Gasteiger partial charge in [-0.25, -0.2) is 4.79 Å². The quantitative estimate of drug-likeness (QED) is 0.939. The second-order valence-electron chi connectivity index (χ2n) is 4.83. The molecule has 1 N–H and O–H groups in total. The van der Waals surface area contributed by atoms with Crippen molar-refractivity contribution in [2.45, 2.75) is 20.4 Å². The summed E-state index contributed by atoms with van der Waals surface area (Å²) in [6.45, 7) is 4.05. The number of aromatic nitrogens is 1. The van der Waals surface area contributed by atoms with E-state index < -0.39 is 0 Å². The van der Waals surface area contributed by atoms with E-state index in [2.05, 4.69) is 10.5 Å². The fourth-order valence-corrected chi connectivity index (χ4v) is 1.94. The minimum absolute atomic E-state index is 0.208. The molecule has 0 aliphatic carbocycles. The van der Waals surface area contributed by atoms with Crippen LogP contribution in [0, 0.1) is 13.8 Å². The van der Waals surface area contributed by atoms with Gasteiger partial charge in [0.2, 0.25) is 0 Å². The molecule has 2 aromatic rings. The fourth-order valence-electron chi connectivity index (χ4n) is 1.94. The summed E-state index contributed by atoms with van der Waals surface area (Å²) in [4.78, 5) is 13.8. The first-order chi connectivity index (χ1) is 10.0. The van der Waals surface area contributed by atoms with Crippen LogP contribution in [0.15, 0.2) is 28.8 Å². The summed E-state index contributed by atoms with van der Waals surface area (Å²) >= 11 is 0. The van der Waals surface area contributed by atoms with Gasteiger partial charge in [0.05, 0.1) is 7.11 Å². The van der Waals surface area contributed by atoms with Crippen LogP contribution >= 0.6 is 0 Å². The second-order valence-corrected chi connectivity index (χ2v) is 4.83. The number of carbonyl (C=O) groups excluding carboxylic acids is 1. The number of rotatable bonds is 4. The Bertz CT molecular complexity index is 600. The molecule has 0 spiro atoms. The zero-order chi connectivity index (χ0) is 15.4. The highest BCUT2D eigenvalue weighted by atomic mass is 16.5. The average Bonchev–Trinajstić information content (AvgIpc) is 2.79. The summed E-state index contributed by atoms with van der Waals surface area (Å²) in [5.41, 5.74) is 2.31. The van der Waals surface area contributed by atoms with Gasteiger partial charge in [-0.1, -0.05) is 17.3 Å². The molecular weight excluding hydrogens is 270 g/mol. The highest BCUT2D eigenvalue weighted by Crippen LogP contribution is 2.19. The number of anilines is 1. The summed E-state index contributed by atoms with van der Waals surface area (Å²) in [5, 5.41) is 6.62. The Kier molecular flexibility index (Phi) is 4.47. The van der Waals surface area contributed by atoms with Crippen LogP contribution in [0.25, 0.3) is 0 Å². The molecule has 21 heavy (non-hydrogen) atoms. The van der Waals surface area contributed by atoms with Crippen LogP contribution in [0.5, 0.6) is 5.75 Å². The van der Waals surface area contributed by atoms with Crippen LogP contribution in [0.4, 0.5) is 10.5 Å². The Balaban J connectivity index is 1.99. The molecule has 0 bridgehead atoms. The molecule has 0 saturated carbocycles. The van der Waals surface area contributed by atoms with Gasteiger partial charge in [-0.2, -0.15) is 0 Å². The van der Waals surface area contributed by atoms with Crippen LogP contribution < -0.4 is 10.1 Å². The van der Waals surface area contributed by atoms with Gasteiger partial charge in [0.25, 0.3) is 0 Å². The van der Waals surface area contributed by atoms with Crippen molar-refractivity contribution in [1.82, 2.24) is 10.1 Å². The zero-order valence-corrected chi connectivity index (χ0v) is 12.6. The summed E-state index contributed by atoms with van der Waals surface area (Å²) in [7, 11) is 3.36. The number of hydrogen-bond donors (Lipinski definition) is 1. The Morgan fingerprint density at radius 3 is 2.52 bits per heavy atom. The normalized spacial score (nSPS) is 10.3. The molecule has 6 heteroatoms. The number of amides is 2. The third-order valence-corrected chi connectivity index (χ3v) is 3.19. The lowest BCUT2D eigenvalue weighted by atomic mass is 10.2. The van der Waals surface area contributed by atoms with Crippen molar-refractivity contribution in [2.24, 2.45) is 0 Å². The highest BCUT2D eigenvalue weighted by Gasteiger charge is 2.15. The first-order valence-electron chi connectivity index (χ1n) is 6.59. The molecular formula is C15H19N3O3. The number of aryl methyl sites for hydroxylation is 2. The lowest BCUT2D eigenvalue weighted by Gasteiger charge is -2.18. The Morgan fingerprint density at radius 1 is 1.33 bits per heavy atom. The first kappa shape index (κ1) is 14.9. The predicted octanol–water partition coefficient (Wildman–Crippen LogP) is 2.96. The highest BCUT2D eigenvalue weighted by molar-refractivity contribution is 5.90. The number of carbonyl (C=O) groups is 1. The molecule has 0 aliphatic heterocycles. The van der Waals surface area contributed by atoms with Gasteiger partial charge in [-0.15, -0.1) is 0 Å². The summed E-state index contributed by atoms with van der Waals surface area (Å²) in [6.07, 6.45) is 0. The minimum atomic E-state index is -0.208. The van der Waals surface area contributed by atoms with Crippen molar-refractivity contribution in [3.8, 4) is 5.75 Å². The van der Waals surface area contributed by atoms with Crippen molar-refractivity contribution >= 4 is 11.7 Å². The van der Waals surface area contributed by atoms with E-state index in [0.29, 0.717) is 23.7 Å². The van der Waals surface area contributed by atoms with Crippen molar-refractivity contribution in [3.05, 3.63) is 41.3 Å². The smallest absolute Gasteiger partial charge is 0.322 e. The molecule has 0 aliphatic rings. The van der Waals surface area contributed by atoms with Gasteiger partial charge in [-0.3, -0.25) is 0 Å². The van der Waals surface area contributed by atoms with E-state index in [-0.39, 0.29) is 6.03 Å². The molecule has 0 fully saturated rings. The third kappa shape index (κ3) is 3.53. The van der Waals surface area contributed by atoms with E-state index in [1.165, 1.54) is 0 Å². The van der Waals surface area contributed by atoms with Crippen molar-refractivity contribution < 1.29 is 14.1 Å². The summed E-state index contributed by atoms with van der Waals surface area (Å²) < 4.78 is 10.1. The molecule has 0 radical (unpaired) electrons. The summed E-state index contributed by atoms with van der Waals surface area (Å²) in [5.74, 6) is 1.39. The zero-order valence-electron chi connectivity index (χ0n) is 12.6. The number of methoxy groups -OCH3 is 1. The average molecular weight is 289 g/mol. The van der Waals surface area contributed by atoms with Gasteiger partial charge in [0.1, 0.15) is 17.1 Å². The maximum absolute atomic E-state index is 12.2. The Morgan fingerprint density at radius 2 is 2.00 bits per heavy atom. The van der Waals surface area contributed by atoms with Crippen molar-refractivity contribution in [3.63, 3.8) is 0 Å². The topological polar surface area (TPSA) is 67.6 Å². The Hall–Kier alpha value is -2.50. The third-order valence-electron chi connectivity index (χ3n) is 3.19. The van der Waals surface area contributed by atoms with Crippen LogP contribution in [0.3, 0.4) is 0 Å². The molecule has 112 valence electrons. The second kappa shape index (κ2) is 6.30. The van der Waals surface area contributed by atoms with E-state index in [1.54, 1.807) is 32.9 Å². The predicted molar refractivity (Wildman–Crippen MR) is 79.5 cm³/mol. The van der Waals surface area contributed by atoms with Gasteiger partial charge in [0.15, 0.2) is 5.76 Å². The number of ether oxygens (including phenoxy) is 1. The maximum atomic E-state index is 12.2. The number of hydrogen-bond acceptors (Lipinski definition) is 4. The number of nitrogens with zero attached hydrogens (tertiary/aromatic N) is 2. The van der Waals surface area contributed by atoms with E-state index in [4.69, 9.17) is 9.26 Å². The fraction of sp³-hybridized carbons (Fsp3) is 0.333. The molecule has 0 saturated heterocycles. The van der Waals surface area contributed by atoms with Crippen LogP contribution in [0.1, 0.15) is 17.0 Å². The van der Waals surface area contributed by atoms with E-state index in [0.717, 1.165) is 11.3 Å². The van der Waals surface area contributed by atoms with Crippen molar-refractivity contribution in [1.29, 1.82) is 0 Å². The summed E-state index contributed by atoms with van der Waals surface area (Å²) in [6, 6.07) is 7.39. The van der Waals surface area contributed by atoms with Crippen LogP contribution in [-0.2, 0) is 6.54 Å². The van der Waals surface area contributed by atoms with Crippen LogP contribution in [-0.4, -0.2) is 30.2 Å². The molecule has 2 rings (SSSR count). The molecule has 1 aromatic heterocycles. The maximum Gasteiger partial charge on any atom is 0.322 e. The van der Waals surface area contributed by atoms with Gasteiger partial charge < -0.3 is 19.5 Å². The molecule has 2 amide bonds. The van der Waals surface area contributed by atoms with Crippen molar-refractivity contribution in [2.75, 3.05) is 19.5 Å². The van der Waals surface area contributed by atoms with E-state index in [1.807, 2.05) is 24.3 Å². The van der Waals surface area contributed by atoms with E-state index >= 15 is 0 Å². The van der Waals surface area contributed by atoms with Gasteiger partial charge in [-0.05, 0) is 31.5 Å². The van der Waals surface area contributed by atoms with Gasteiger partial charge >= 0.3 is 6.03 Å². The number of urea groups is 1.